The number of piperidine rings is 1. The third-order valence-electron chi connectivity index (χ3n) is 5.52. The Bertz CT molecular complexity index is 937. The Morgan fingerprint density at radius 3 is 2.68 bits per heavy atom. The maximum Gasteiger partial charge on any atom is 0.321 e. The van der Waals surface area contributed by atoms with Crippen LogP contribution in [0.15, 0.2) is 66.9 Å². The topological polar surface area (TPSA) is 65.5 Å². The molecule has 0 unspecified atom stereocenters. The third kappa shape index (κ3) is 4.31. The van der Waals surface area contributed by atoms with Crippen LogP contribution in [0, 0.1) is 5.92 Å². The number of hydrogen-bond donors (Lipinski definition) is 2. The molecule has 5 nitrogen and oxygen atoms in total. The van der Waals surface area contributed by atoms with Gasteiger partial charge in [-0.2, -0.15) is 0 Å². The predicted octanol–water partition coefficient (Wildman–Crippen LogP) is 4.08. The molecule has 2 aromatic carbocycles. The summed E-state index contributed by atoms with van der Waals surface area (Å²) < 4.78 is 0. The van der Waals surface area contributed by atoms with Gasteiger partial charge in [0.05, 0.1) is 11.6 Å². The number of nitrogens with zero attached hydrogens (tertiary/aromatic N) is 2. The van der Waals surface area contributed by atoms with Crippen molar-refractivity contribution in [2.45, 2.75) is 25.4 Å². The zero-order valence-electron chi connectivity index (χ0n) is 15.8. The highest BCUT2D eigenvalue weighted by molar-refractivity contribution is 5.92. The van der Waals surface area contributed by atoms with Crippen LogP contribution in [0.4, 0.5) is 10.5 Å². The lowest BCUT2D eigenvalue weighted by molar-refractivity contribution is 0.0689. The summed E-state index contributed by atoms with van der Waals surface area (Å²) in [6.07, 6.45) is 3.70. The van der Waals surface area contributed by atoms with Gasteiger partial charge in [-0.3, -0.25) is 4.98 Å². The van der Waals surface area contributed by atoms with Crippen molar-refractivity contribution in [3.05, 3.63) is 72.4 Å². The van der Waals surface area contributed by atoms with E-state index in [1.54, 1.807) is 6.20 Å². The van der Waals surface area contributed by atoms with Gasteiger partial charge in [0.25, 0.3) is 0 Å². The van der Waals surface area contributed by atoms with Crippen molar-refractivity contribution < 1.29 is 9.90 Å². The number of hydrogen-bond acceptors (Lipinski definition) is 3. The van der Waals surface area contributed by atoms with Crippen LogP contribution in [0.5, 0.6) is 0 Å². The number of likely N-dealkylation sites (tertiary alicyclic amines) is 1. The van der Waals surface area contributed by atoms with Gasteiger partial charge in [0.1, 0.15) is 0 Å². The van der Waals surface area contributed by atoms with Crippen molar-refractivity contribution in [3.63, 3.8) is 0 Å². The van der Waals surface area contributed by atoms with Gasteiger partial charge in [0.2, 0.25) is 0 Å². The molecule has 0 saturated carbocycles. The van der Waals surface area contributed by atoms with E-state index in [1.165, 1.54) is 0 Å². The van der Waals surface area contributed by atoms with E-state index in [1.807, 2.05) is 65.6 Å². The van der Waals surface area contributed by atoms with Crippen LogP contribution in [-0.2, 0) is 6.42 Å². The summed E-state index contributed by atoms with van der Waals surface area (Å²) in [7, 11) is 0. The maximum absolute atomic E-state index is 12.6. The molecular weight excluding hydrogens is 350 g/mol. The first-order valence-electron chi connectivity index (χ1n) is 9.82. The molecule has 5 heteroatoms. The molecule has 28 heavy (non-hydrogen) atoms. The number of pyridine rings is 1. The van der Waals surface area contributed by atoms with Crippen molar-refractivity contribution in [2.75, 3.05) is 18.4 Å². The van der Waals surface area contributed by atoms with Crippen LogP contribution >= 0.6 is 0 Å². The second kappa shape index (κ2) is 8.40. The summed E-state index contributed by atoms with van der Waals surface area (Å²) in [6.45, 7) is 1.32. The Morgan fingerprint density at radius 2 is 1.89 bits per heavy atom. The van der Waals surface area contributed by atoms with E-state index < -0.39 is 0 Å². The first-order valence-corrected chi connectivity index (χ1v) is 9.82. The fourth-order valence-corrected chi connectivity index (χ4v) is 3.86. The molecular formula is C23H25N3O2. The van der Waals surface area contributed by atoms with Gasteiger partial charge in [-0.25, -0.2) is 4.79 Å². The number of carbonyl (C=O) groups excluding carboxylic acids is 1. The van der Waals surface area contributed by atoms with E-state index in [2.05, 4.69) is 10.3 Å². The molecule has 0 bridgehead atoms. The first kappa shape index (κ1) is 18.4. The standard InChI is InChI=1S/C23H25N3O2/c27-22(15-17-5-2-1-3-6-17)19-10-13-26(14-11-19)23(28)25-20-9-8-18-7-4-12-24-21(18)16-20/h1-9,12,16,19,22,27H,10-11,13-15H2,(H,25,28)/t22-/m1/s1. The minimum atomic E-state index is -0.362. The zero-order valence-corrected chi connectivity index (χ0v) is 15.8. The Balaban J connectivity index is 1.30. The zero-order chi connectivity index (χ0) is 19.3. The van der Waals surface area contributed by atoms with Crippen molar-refractivity contribution in [1.82, 2.24) is 9.88 Å². The van der Waals surface area contributed by atoms with Crippen LogP contribution in [0.2, 0.25) is 0 Å². The number of carbonyl (C=O) groups is 1. The average molecular weight is 375 g/mol. The molecule has 144 valence electrons. The number of amides is 2. The molecule has 2 heterocycles. The van der Waals surface area contributed by atoms with E-state index in [-0.39, 0.29) is 18.1 Å². The molecule has 1 saturated heterocycles. The molecule has 1 fully saturated rings. The number of aliphatic hydroxyl groups excluding tert-OH is 1. The molecule has 0 aliphatic carbocycles. The van der Waals surface area contributed by atoms with Crippen molar-refractivity contribution in [1.29, 1.82) is 0 Å². The molecule has 0 radical (unpaired) electrons. The lowest BCUT2D eigenvalue weighted by Crippen LogP contribution is -2.43. The smallest absolute Gasteiger partial charge is 0.321 e. The normalized spacial score (nSPS) is 16.1. The quantitative estimate of drug-likeness (QED) is 0.722. The van der Waals surface area contributed by atoms with Crippen LogP contribution in [-0.4, -0.2) is 40.2 Å². The van der Waals surface area contributed by atoms with E-state index in [4.69, 9.17) is 0 Å². The van der Waals surface area contributed by atoms with E-state index in [0.29, 0.717) is 19.5 Å². The van der Waals surface area contributed by atoms with E-state index in [0.717, 1.165) is 35.0 Å². The minimum Gasteiger partial charge on any atom is -0.392 e. The Kier molecular flexibility index (Phi) is 5.53. The molecule has 1 aromatic heterocycles. The second-order valence-electron chi connectivity index (χ2n) is 7.42. The number of urea groups is 1. The molecule has 4 rings (SSSR count). The van der Waals surface area contributed by atoms with Gasteiger partial charge in [0, 0.05) is 30.4 Å². The number of fused-ring (bicyclic) bond motifs is 1. The van der Waals surface area contributed by atoms with Crippen molar-refractivity contribution in [3.8, 4) is 0 Å². The van der Waals surface area contributed by atoms with Crippen molar-refractivity contribution in [2.24, 2.45) is 5.92 Å². The summed E-state index contributed by atoms with van der Waals surface area (Å²) >= 11 is 0. The number of rotatable bonds is 4. The molecule has 1 atom stereocenters. The Hall–Kier alpha value is -2.92. The van der Waals surface area contributed by atoms with Crippen LogP contribution < -0.4 is 5.32 Å². The van der Waals surface area contributed by atoms with Crippen molar-refractivity contribution >= 4 is 22.6 Å². The number of aliphatic hydroxyl groups is 1. The lowest BCUT2D eigenvalue weighted by Gasteiger charge is -2.34. The molecule has 1 aliphatic rings. The Labute approximate surface area is 165 Å². The van der Waals surface area contributed by atoms with Crippen LogP contribution in [0.3, 0.4) is 0 Å². The number of nitrogens with one attached hydrogen (secondary N) is 1. The summed E-state index contributed by atoms with van der Waals surface area (Å²) in [5.74, 6) is 0.231. The third-order valence-corrected chi connectivity index (χ3v) is 5.52. The molecule has 2 amide bonds. The highest BCUT2D eigenvalue weighted by Crippen LogP contribution is 2.24. The Morgan fingerprint density at radius 1 is 1.11 bits per heavy atom. The summed E-state index contributed by atoms with van der Waals surface area (Å²) in [5, 5.41) is 14.6. The predicted molar refractivity (Wildman–Crippen MR) is 111 cm³/mol. The fourth-order valence-electron chi connectivity index (χ4n) is 3.86. The van der Waals surface area contributed by atoms with Gasteiger partial charge < -0.3 is 15.3 Å². The van der Waals surface area contributed by atoms with E-state index in [9.17, 15) is 9.90 Å². The number of anilines is 1. The maximum atomic E-state index is 12.6. The summed E-state index contributed by atoms with van der Waals surface area (Å²) in [5.41, 5.74) is 2.77. The highest BCUT2D eigenvalue weighted by atomic mass is 16.3. The minimum absolute atomic E-state index is 0.0914. The fraction of sp³-hybridized carbons (Fsp3) is 0.304. The van der Waals surface area contributed by atoms with Gasteiger partial charge >= 0.3 is 6.03 Å². The monoisotopic (exact) mass is 375 g/mol. The van der Waals surface area contributed by atoms with Crippen LogP contribution in [0.1, 0.15) is 18.4 Å². The molecule has 0 spiro atoms. The molecule has 3 aromatic rings. The van der Waals surface area contributed by atoms with Gasteiger partial charge in [-0.05, 0) is 48.9 Å². The summed E-state index contributed by atoms with van der Waals surface area (Å²) in [6, 6.07) is 19.6. The lowest BCUT2D eigenvalue weighted by atomic mass is 9.88. The van der Waals surface area contributed by atoms with Gasteiger partial charge in [0.15, 0.2) is 0 Å². The average Bonchev–Trinajstić information content (AvgIpc) is 2.74. The largest absolute Gasteiger partial charge is 0.392 e. The second-order valence-corrected chi connectivity index (χ2v) is 7.42. The molecule has 1 aliphatic heterocycles. The van der Waals surface area contributed by atoms with Crippen LogP contribution in [0.25, 0.3) is 10.9 Å². The first-order chi connectivity index (χ1) is 13.7. The number of benzene rings is 2. The van der Waals surface area contributed by atoms with Gasteiger partial charge in [-0.15, -0.1) is 0 Å². The highest BCUT2D eigenvalue weighted by Gasteiger charge is 2.27. The summed E-state index contributed by atoms with van der Waals surface area (Å²) in [4.78, 5) is 18.8. The SMILES string of the molecule is O=C(Nc1ccc2cccnc2c1)N1CCC([C@H](O)Cc2ccccc2)CC1. The number of aromatic nitrogens is 1. The van der Waals surface area contributed by atoms with Gasteiger partial charge in [-0.1, -0.05) is 42.5 Å². The van der Waals surface area contributed by atoms with E-state index >= 15 is 0 Å². The molecule has 2 N–H and O–H groups in total.